The summed E-state index contributed by atoms with van der Waals surface area (Å²) in [6.07, 6.45) is 5.79. The van der Waals surface area contributed by atoms with Gasteiger partial charge in [0.05, 0.1) is 12.5 Å². The van der Waals surface area contributed by atoms with Crippen LogP contribution in [-0.4, -0.2) is 23.7 Å². The van der Waals surface area contributed by atoms with Gasteiger partial charge in [0, 0.05) is 22.0 Å². The van der Waals surface area contributed by atoms with Gasteiger partial charge in [-0.2, -0.15) is 0 Å². The number of anilines is 1. The summed E-state index contributed by atoms with van der Waals surface area (Å²) < 4.78 is 0. The maximum atomic E-state index is 13.3. The third kappa shape index (κ3) is 8.45. The summed E-state index contributed by atoms with van der Waals surface area (Å²) in [6.45, 7) is 4.93. The zero-order chi connectivity index (χ0) is 25.8. The molecule has 2 amide bonds. The Bertz CT molecular complexity index is 1090. The number of urea groups is 1. The van der Waals surface area contributed by atoms with Crippen molar-refractivity contribution in [3.8, 4) is 0 Å². The second kappa shape index (κ2) is 14.3. The minimum Gasteiger partial charge on any atom is -0.481 e. The van der Waals surface area contributed by atoms with Crippen molar-refractivity contribution in [2.75, 3.05) is 11.4 Å². The molecule has 0 spiro atoms. The Hall–Kier alpha value is -3.25. The highest BCUT2D eigenvalue weighted by Crippen LogP contribution is 2.32. The second-order valence-electron chi connectivity index (χ2n) is 8.91. The molecule has 0 heterocycles. The minimum atomic E-state index is -0.833. The number of carboxylic acids is 1. The van der Waals surface area contributed by atoms with Crippen LogP contribution >= 0.6 is 11.8 Å². The average molecular weight is 505 g/mol. The fraction of sp³-hybridized carbons (Fsp3) is 0.333. The fourth-order valence-electron chi connectivity index (χ4n) is 4.07. The van der Waals surface area contributed by atoms with E-state index < -0.39 is 5.97 Å². The molecular weight excluding hydrogens is 468 g/mol. The molecule has 3 aromatic carbocycles. The number of aliphatic carboxylic acids is 1. The fourth-order valence-corrected chi connectivity index (χ4v) is 4.88. The van der Waals surface area contributed by atoms with E-state index in [1.807, 2.05) is 83.8 Å². The van der Waals surface area contributed by atoms with Crippen molar-refractivity contribution < 1.29 is 14.7 Å². The number of rotatable bonds is 13. The van der Waals surface area contributed by atoms with Crippen LogP contribution in [0.5, 0.6) is 0 Å². The molecule has 2 N–H and O–H groups in total. The van der Waals surface area contributed by atoms with Crippen LogP contribution in [0.4, 0.5) is 10.5 Å². The van der Waals surface area contributed by atoms with Crippen molar-refractivity contribution in [3.63, 3.8) is 0 Å². The van der Waals surface area contributed by atoms with Crippen molar-refractivity contribution in [3.05, 3.63) is 90.0 Å². The highest BCUT2D eigenvalue weighted by atomic mass is 32.2. The first-order valence-electron chi connectivity index (χ1n) is 12.7. The first-order valence-corrected chi connectivity index (χ1v) is 13.5. The van der Waals surface area contributed by atoms with Crippen LogP contribution in [0.15, 0.2) is 88.7 Å². The van der Waals surface area contributed by atoms with Crippen LogP contribution < -0.4 is 10.2 Å². The van der Waals surface area contributed by atoms with E-state index >= 15 is 0 Å². The zero-order valence-electron chi connectivity index (χ0n) is 21.2. The molecule has 36 heavy (non-hydrogen) atoms. The van der Waals surface area contributed by atoms with Crippen LogP contribution in [0.2, 0.25) is 0 Å². The van der Waals surface area contributed by atoms with Crippen LogP contribution in [0.1, 0.15) is 63.1 Å². The lowest BCUT2D eigenvalue weighted by molar-refractivity contribution is -0.136. The van der Waals surface area contributed by atoms with E-state index in [2.05, 4.69) is 19.2 Å². The summed E-state index contributed by atoms with van der Waals surface area (Å²) in [6, 6.07) is 25.5. The van der Waals surface area contributed by atoms with E-state index in [1.165, 1.54) is 19.3 Å². The van der Waals surface area contributed by atoms with Gasteiger partial charge in [-0.1, -0.05) is 86.8 Å². The number of nitrogens with one attached hydrogen (secondary N) is 1. The van der Waals surface area contributed by atoms with Gasteiger partial charge in [0.15, 0.2) is 0 Å². The Morgan fingerprint density at radius 1 is 0.861 bits per heavy atom. The highest BCUT2D eigenvalue weighted by molar-refractivity contribution is 7.99. The molecule has 0 saturated carbocycles. The Morgan fingerprint density at radius 2 is 1.47 bits per heavy atom. The van der Waals surface area contributed by atoms with Gasteiger partial charge in [0.1, 0.15) is 0 Å². The van der Waals surface area contributed by atoms with E-state index in [4.69, 9.17) is 5.11 Å². The SMILES string of the molecule is CCCCCCCNC(=O)N(c1ccc(Sc2ccc(CC(=O)O)cc2)cc1)C(C)c1ccccc1. The predicted octanol–water partition coefficient (Wildman–Crippen LogP) is 7.71. The van der Waals surface area contributed by atoms with Gasteiger partial charge in [0.25, 0.3) is 0 Å². The number of benzene rings is 3. The maximum Gasteiger partial charge on any atom is 0.322 e. The summed E-state index contributed by atoms with van der Waals surface area (Å²) in [5.41, 5.74) is 2.70. The molecule has 3 rings (SSSR count). The Balaban J connectivity index is 1.70. The molecule has 190 valence electrons. The van der Waals surface area contributed by atoms with Crippen LogP contribution in [0, 0.1) is 0 Å². The van der Waals surface area contributed by atoms with Gasteiger partial charge in [0.2, 0.25) is 0 Å². The van der Waals surface area contributed by atoms with E-state index in [1.54, 1.807) is 11.8 Å². The summed E-state index contributed by atoms with van der Waals surface area (Å²) in [7, 11) is 0. The molecule has 0 radical (unpaired) electrons. The monoisotopic (exact) mass is 504 g/mol. The Kier molecular flexibility index (Phi) is 10.9. The number of carbonyl (C=O) groups excluding carboxylic acids is 1. The van der Waals surface area contributed by atoms with E-state index in [0.29, 0.717) is 6.54 Å². The van der Waals surface area contributed by atoms with Crippen molar-refractivity contribution >= 4 is 29.4 Å². The highest BCUT2D eigenvalue weighted by Gasteiger charge is 2.23. The summed E-state index contributed by atoms with van der Waals surface area (Å²) in [5, 5.41) is 12.1. The van der Waals surface area contributed by atoms with Crippen molar-refractivity contribution in [2.45, 2.75) is 68.2 Å². The first-order chi connectivity index (χ1) is 17.5. The lowest BCUT2D eigenvalue weighted by atomic mass is 10.1. The summed E-state index contributed by atoms with van der Waals surface area (Å²) in [5.74, 6) is -0.833. The number of carboxylic acid groups (broad SMARTS) is 1. The standard InChI is InChI=1S/C30H36N2O3S/c1-3-4-5-6-10-21-31-30(35)32(23(2)25-11-8-7-9-12-25)26-15-19-28(20-16-26)36-27-17-13-24(14-18-27)22-29(33)34/h7-9,11-20,23H,3-6,10,21-22H2,1-2H3,(H,31,35)(H,33,34). The number of carbonyl (C=O) groups is 2. The minimum absolute atomic E-state index is 0.0237. The van der Waals surface area contributed by atoms with Crippen LogP contribution in [-0.2, 0) is 11.2 Å². The Labute approximate surface area is 218 Å². The molecule has 5 nitrogen and oxygen atoms in total. The first kappa shape index (κ1) is 27.3. The number of hydrogen-bond acceptors (Lipinski definition) is 3. The van der Waals surface area contributed by atoms with Crippen molar-refractivity contribution in [1.29, 1.82) is 0 Å². The van der Waals surface area contributed by atoms with E-state index in [0.717, 1.165) is 39.4 Å². The summed E-state index contributed by atoms with van der Waals surface area (Å²) >= 11 is 1.61. The van der Waals surface area contributed by atoms with Gasteiger partial charge in [-0.15, -0.1) is 0 Å². The molecular formula is C30H36N2O3S. The largest absolute Gasteiger partial charge is 0.481 e. The molecule has 1 unspecified atom stereocenters. The van der Waals surface area contributed by atoms with Gasteiger partial charge in [-0.3, -0.25) is 9.69 Å². The smallest absolute Gasteiger partial charge is 0.322 e. The van der Waals surface area contributed by atoms with E-state index in [9.17, 15) is 9.59 Å². The molecule has 0 bridgehead atoms. The number of unbranched alkanes of at least 4 members (excludes halogenated alkanes) is 4. The maximum absolute atomic E-state index is 13.3. The molecule has 0 aromatic heterocycles. The molecule has 0 saturated heterocycles. The van der Waals surface area contributed by atoms with Gasteiger partial charge >= 0.3 is 12.0 Å². The molecule has 0 aliphatic carbocycles. The van der Waals surface area contributed by atoms with Gasteiger partial charge in [-0.25, -0.2) is 4.79 Å². The quantitative estimate of drug-likeness (QED) is 0.234. The number of nitrogens with zero attached hydrogens (tertiary/aromatic N) is 1. The van der Waals surface area contributed by atoms with Gasteiger partial charge < -0.3 is 10.4 Å². The molecule has 0 fully saturated rings. The number of amides is 2. The lowest BCUT2D eigenvalue weighted by Crippen LogP contribution is -2.42. The molecule has 6 heteroatoms. The number of hydrogen-bond donors (Lipinski definition) is 2. The topological polar surface area (TPSA) is 69.6 Å². The summed E-state index contributed by atoms with van der Waals surface area (Å²) in [4.78, 5) is 28.1. The molecule has 1 atom stereocenters. The third-order valence-corrected chi connectivity index (χ3v) is 7.09. The van der Waals surface area contributed by atoms with Crippen molar-refractivity contribution in [2.24, 2.45) is 0 Å². The van der Waals surface area contributed by atoms with Crippen LogP contribution in [0.25, 0.3) is 0 Å². The average Bonchev–Trinajstić information content (AvgIpc) is 2.88. The predicted molar refractivity (Wildman–Crippen MR) is 148 cm³/mol. The normalized spacial score (nSPS) is 11.6. The zero-order valence-corrected chi connectivity index (χ0v) is 22.0. The third-order valence-electron chi connectivity index (χ3n) is 6.07. The molecule has 0 aliphatic rings. The molecule has 0 aliphatic heterocycles. The molecule has 3 aromatic rings. The van der Waals surface area contributed by atoms with Crippen LogP contribution in [0.3, 0.4) is 0 Å². The lowest BCUT2D eigenvalue weighted by Gasteiger charge is -2.30. The van der Waals surface area contributed by atoms with E-state index in [-0.39, 0.29) is 18.5 Å². The Morgan fingerprint density at radius 3 is 2.08 bits per heavy atom. The second-order valence-corrected chi connectivity index (χ2v) is 10.1. The van der Waals surface area contributed by atoms with Gasteiger partial charge in [-0.05, 0) is 60.9 Å². The van der Waals surface area contributed by atoms with Crippen molar-refractivity contribution in [1.82, 2.24) is 5.32 Å².